The van der Waals surface area contributed by atoms with Crippen LogP contribution >= 0.6 is 0 Å². The summed E-state index contributed by atoms with van der Waals surface area (Å²) < 4.78 is 4.96. The molecule has 0 unspecified atom stereocenters. The molecule has 100 valence electrons. The Morgan fingerprint density at radius 3 is 2.68 bits per heavy atom. The predicted octanol–water partition coefficient (Wildman–Crippen LogP) is 2.19. The Balaban J connectivity index is 1.98. The zero-order valence-corrected chi connectivity index (χ0v) is 11.1. The minimum atomic E-state index is -0.148. The van der Waals surface area contributed by atoms with Gasteiger partial charge in [-0.15, -0.1) is 0 Å². The van der Waals surface area contributed by atoms with Crippen LogP contribution in [0.4, 0.5) is 0 Å². The second-order valence-electron chi connectivity index (χ2n) is 4.32. The number of hydrogen-bond donors (Lipinski definition) is 1. The lowest BCUT2D eigenvalue weighted by atomic mass is 9.96. The van der Waals surface area contributed by atoms with Gasteiger partial charge in [0, 0.05) is 0 Å². The van der Waals surface area contributed by atoms with Crippen molar-refractivity contribution in [2.75, 3.05) is 0 Å². The summed E-state index contributed by atoms with van der Waals surface area (Å²) in [7, 11) is 0. The van der Waals surface area contributed by atoms with Crippen LogP contribution in [0.15, 0.2) is 34.9 Å². The maximum Gasteiger partial charge on any atom is 0.246 e. The van der Waals surface area contributed by atoms with Crippen molar-refractivity contribution >= 4 is 5.91 Å². The number of hydrogen-bond acceptors (Lipinski definition) is 4. The lowest BCUT2D eigenvalue weighted by molar-refractivity contribution is -0.122. The van der Waals surface area contributed by atoms with Gasteiger partial charge in [-0.25, -0.2) is 0 Å². The lowest BCUT2D eigenvalue weighted by Gasteiger charge is -2.14. The molecular formula is C14H17N3O2. The van der Waals surface area contributed by atoms with Crippen LogP contribution in [0.25, 0.3) is 0 Å². The van der Waals surface area contributed by atoms with Crippen molar-refractivity contribution in [1.29, 1.82) is 0 Å². The van der Waals surface area contributed by atoms with E-state index in [9.17, 15) is 4.79 Å². The average molecular weight is 259 g/mol. The maximum atomic E-state index is 12.2. The molecule has 1 N–H and O–H groups in total. The Morgan fingerprint density at radius 1 is 1.37 bits per heavy atom. The average Bonchev–Trinajstić information content (AvgIpc) is 2.84. The monoisotopic (exact) mass is 259 g/mol. The minimum absolute atomic E-state index is 0.0236. The smallest absolute Gasteiger partial charge is 0.246 e. The molecule has 2 rings (SSSR count). The molecular weight excluding hydrogens is 242 g/mol. The molecule has 0 saturated carbocycles. The van der Waals surface area contributed by atoms with E-state index in [1.807, 2.05) is 37.3 Å². The van der Waals surface area contributed by atoms with E-state index in [4.69, 9.17) is 4.52 Å². The first-order chi connectivity index (χ1) is 9.20. The number of amides is 1. The standard InChI is InChI=1S/C14H17N3O2/c1-3-12(11-7-5-4-6-8-11)14(18)15-9-13-16-10(2)17-19-13/h4-8,12H,3,9H2,1-2H3,(H,15,18)/t12-/m1/s1. The molecule has 1 aromatic carbocycles. The van der Waals surface area contributed by atoms with Crippen molar-refractivity contribution in [2.24, 2.45) is 0 Å². The van der Waals surface area contributed by atoms with Crippen LogP contribution in [-0.4, -0.2) is 16.0 Å². The van der Waals surface area contributed by atoms with E-state index in [1.165, 1.54) is 0 Å². The van der Waals surface area contributed by atoms with Crippen LogP contribution in [0.1, 0.15) is 36.5 Å². The van der Waals surface area contributed by atoms with E-state index in [0.717, 1.165) is 12.0 Å². The summed E-state index contributed by atoms with van der Waals surface area (Å²) in [5.74, 6) is 0.822. The zero-order chi connectivity index (χ0) is 13.7. The molecule has 0 spiro atoms. The number of carbonyl (C=O) groups is 1. The number of benzene rings is 1. The van der Waals surface area contributed by atoms with Gasteiger partial charge in [0.15, 0.2) is 5.82 Å². The number of nitrogens with zero attached hydrogens (tertiary/aromatic N) is 2. The summed E-state index contributed by atoms with van der Waals surface area (Å²) in [5.41, 5.74) is 1.02. The highest BCUT2D eigenvalue weighted by Gasteiger charge is 2.18. The zero-order valence-electron chi connectivity index (χ0n) is 11.1. The Kier molecular flexibility index (Phi) is 4.28. The van der Waals surface area contributed by atoms with E-state index in [0.29, 0.717) is 11.7 Å². The molecule has 0 aliphatic carbocycles. The van der Waals surface area contributed by atoms with Gasteiger partial charge in [-0.3, -0.25) is 4.79 Å². The second-order valence-corrected chi connectivity index (χ2v) is 4.32. The van der Waals surface area contributed by atoms with Crippen LogP contribution in [-0.2, 0) is 11.3 Å². The van der Waals surface area contributed by atoms with Crippen LogP contribution in [0.3, 0.4) is 0 Å². The van der Waals surface area contributed by atoms with E-state index in [1.54, 1.807) is 6.92 Å². The van der Waals surface area contributed by atoms with Crippen LogP contribution in [0.2, 0.25) is 0 Å². The van der Waals surface area contributed by atoms with Crippen molar-refractivity contribution < 1.29 is 9.32 Å². The Hall–Kier alpha value is -2.17. The van der Waals surface area contributed by atoms with Gasteiger partial charge in [0.25, 0.3) is 0 Å². The third-order valence-corrected chi connectivity index (χ3v) is 2.91. The van der Waals surface area contributed by atoms with Gasteiger partial charge in [-0.2, -0.15) is 4.98 Å². The van der Waals surface area contributed by atoms with Crippen molar-refractivity contribution in [1.82, 2.24) is 15.5 Å². The Bertz CT molecular complexity index is 537. The Labute approximate surface area is 112 Å². The molecule has 1 amide bonds. The highest BCUT2D eigenvalue weighted by molar-refractivity contribution is 5.83. The van der Waals surface area contributed by atoms with Crippen molar-refractivity contribution in [2.45, 2.75) is 32.7 Å². The second kappa shape index (κ2) is 6.13. The van der Waals surface area contributed by atoms with Gasteiger partial charge in [-0.05, 0) is 18.9 Å². The van der Waals surface area contributed by atoms with Gasteiger partial charge in [-0.1, -0.05) is 42.4 Å². The van der Waals surface area contributed by atoms with Gasteiger partial charge in [0.05, 0.1) is 12.5 Å². The molecule has 0 fully saturated rings. The molecule has 0 bridgehead atoms. The van der Waals surface area contributed by atoms with E-state index in [-0.39, 0.29) is 18.4 Å². The molecule has 0 radical (unpaired) electrons. The van der Waals surface area contributed by atoms with Crippen LogP contribution in [0.5, 0.6) is 0 Å². The summed E-state index contributed by atoms with van der Waals surface area (Å²) in [6.45, 7) is 4.00. The van der Waals surface area contributed by atoms with Crippen molar-refractivity contribution in [3.8, 4) is 0 Å². The van der Waals surface area contributed by atoms with Crippen molar-refractivity contribution in [3.63, 3.8) is 0 Å². The number of rotatable bonds is 5. The molecule has 0 aliphatic heterocycles. The fourth-order valence-electron chi connectivity index (χ4n) is 1.96. The lowest BCUT2D eigenvalue weighted by Crippen LogP contribution is -2.28. The van der Waals surface area contributed by atoms with Crippen molar-refractivity contribution in [3.05, 3.63) is 47.6 Å². The summed E-state index contributed by atoms with van der Waals surface area (Å²) in [6.07, 6.45) is 0.749. The normalized spacial score (nSPS) is 12.1. The SMILES string of the molecule is CC[C@@H](C(=O)NCc1nc(C)no1)c1ccccc1. The van der Waals surface area contributed by atoms with E-state index in [2.05, 4.69) is 15.5 Å². The molecule has 1 atom stereocenters. The molecule has 5 nitrogen and oxygen atoms in total. The third-order valence-electron chi connectivity index (χ3n) is 2.91. The first-order valence-corrected chi connectivity index (χ1v) is 6.32. The Morgan fingerprint density at radius 2 is 2.11 bits per heavy atom. The van der Waals surface area contributed by atoms with Gasteiger partial charge >= 0.3 is 0 Å². The van der Waals surface area contributed by atoms with Crippen LogP contribution in [0, 0.1) is 6.92 Å². The fraction of sp³-hybridized carbons (Fsp3) is 0.357. The summed E-state index contributed by atoms with van der Waals surface area (Å²) in [6, 6.07) is 9.74. The minimum Gasteiger partial charge on any atom is -0.346 e. The van der Waals surface area contributed by atoms with Gasteiger partial charge < -0.3 is 9.84 Å². The summed E-state index contributed by atoms with van der Waals surface area (Å²) >= 11 is 0. The topological polar surface area (TPSA) is 68.0 Å². The largest absolute Gasteiger partial charge is 0.346 e. The molecule has 1 heterocycles. The molecule has 5 heteroatoms. The third kappa shape index (κ3) is 3.40. The molecule has 19 heavy (non-hydrogen) atoms. The summed E-state index contributed by atoms with van der Waals surface area (Å²) in [4.78, 5) is 16.2. The maximum absolute atomic E-state index is 12.2. The van der Waals surface area contributed by atoms with Crippen LogP contribution < -0.4 is 5.32 Å². The number of aromatic nitrogens is 2. The van der Waals surface area contributed by atoms with Gasteiger partial charge in [0.1, 0.15) is 0 Å². The number of carbonyl (C=O) groups excluding carboxylic acids is 1. The molecule has 2 aromatic rings. The predicted molar refractivity (Wildman–Crippen MR) is 70.4 cm³/mol. The quantitative estimate of drug-likeness (QED) is 0.893. The first kappa shape index (κ1) is 13.3. The number of nitrogens with one attached hydrogen (secondary N) is 1. The molecule has 0 aliphatic rings. The first-order valence-electron chi connectivity index (χ1n) is 6.32. The highest BCUT2D eigenvalue weighted by atomic mass is 16.5. The summed E-state index contributed by atoms with van der Waals surface area (Å²) in [5, 5.41) is 6.51. The van der Waals surface area contributed by atoms with E-state index < -0.39 is 0 Å². The molecule has 1 aromatic heterocycles. The molecule has 0 saturated heterocycles. The highest BCUT2D eigenvalue weighted by Crippen LogP contribution is 2.19. The van der Waals surface area contributed by atoms with E-state index >= 15 is 0 Å². The fourth-order valence-corrected chi connectivity index (χ4v) is 1.96. The number of aryl methyl sites for hydroxylation is 1. The van der Waals surface area contributed by atoms with Gasteiger partial charge in [0.2, 0.25) is 11.8 Å².